The predicted molar refractivity (Wildman–Crippen MR) is 254 cm³/mol. The van der Waals surface area contributed by atoms with E-state index < -0.39 is 5.41 Å². The highest BCUT2D eigenvalue weighted by atomic mass is 15.0. The van der Waals surface area contributed by atoms with Crippen molar-refractivity contribution in [1.29, 1.82) is 0 Å². The maximum absolute atomic E-state index is 5.05. The second-order valence-corrected chi connectivity index (χ2v) is 17.1. The van der Waals surface area contributed by atoms with Crippen LogP contribution in [-0.2, 0) is 10.8 Å². The van der Waals surface area contributed by atoms with Crippen molar-refractivity contribution < 1.29 is 0 Å². The van der Waals surface area contributed by atoms with Gasteiger partial charge in [0, 0.05) is 22.1 Å². The maximum atomic E-state index is 5.05. The van der Waals surface area contributed by atoms with Crippen LogP contribution in [0, 0.1) is 0 Å². The number of rotatable bonds is 5. The molecule has 0 saturated heterocycles. The number of hydrogen-bond acceptors (Lipinski definition) is 3. The third kappa shape index (κ3) is 5.28. The summed E-state index contributed by atoms with van der Waals surface area (Å²) in [5.74, 6) is 1.94. The number of aromatic nitrogens is 3. The lowest BCUT2D eigenvalue weighted by Gasteiger charge is -2.46. The van der Waals surface area contributed by atoms with Crippen LogP contribution in [0.2, 0.25) is 0 Å². The Morgan fingerprint density at radius 2 is 0.710 bits per heavy atom. The molecule has 12 rings (SSSR count). The SMILES string of the molecule is CC1(C)c2ccccc2C2(c3ccccc3-c3c(-c4ccc(-c5cccc(-c6nc(-c7ccccc7)nc(-c7ccccc7)n6)c5)c5ccccc45)cccc32)c2ccccc21. The first-order valence-corrected chi connectivity index (χ1v) is 21.4. The zero-order chi connectivity index (χ0) is 41.4. The highest BCUT2D eigenvalue weighted by Gasteiger charge is 2.53. The molecule has 0 atom stereocenters. The van der Waals surface area contributed by atoms with Gasteiger partial charge in [0.25, 0.3) is 0 Å². The van der Waals surface area contributed by atoms with Crippen LogP contribution in [0.1, 0.15) is 47.2 Å². The van der Waals surface area contributed by atoms with E-state index in [0.717, 1.165) is 27.8 Å². The lowest BCUT2D eigenvalue weighted by molar-refractivity contribution is 0.563. The minimum Gasteiger partial charge on any atom is -0.208 e. The molecule has 0 radical (unpaired) electrons. The van der Waals surface area contributed by atoms with Crippen LogP contribution in [0.4, 0.5) is 0 Å². The fraction of sp³-hybridized carbons (Fsp3) is 0.0678. The molecule has 3 nitrogen and oxygen atoms in total. The summed E-state index contributed by atoms with van der Waals surface area (Å²) in [6.45, 7) is 4.76. The van der Waals surface area contributed by atoms with Gasteiger partial charge in [-0.25, -0.2) is 15.0 Å². The molecule has 1 spiro atoms. The first kappa shape index (κ1) is 36.1. The number of fused-ring (bicyclic) bond motifs is 10. The Morgan fingerprint density at radius 1 is 0.290 bits per heavy atom. The predicted octanol–water partition coefficient (Wildman–Crippen LogP) is 14.4. The van der Waals surface area contributed by atoms with Crippen LogP contribution in [0.3, 0.4) is 0 Å². The average Bonchev–Trinajstić information content (AvgIpc) is 3.64. The van der Waals surface area contributed by atoms with Crippen LogP contribution in [0.15, 0.2) is 212 Å². The molecule has 9 aromatic carbocycles. The standard InChI is InChI=1S/C59H41N3/c1-58(2)49-30-13-15-32-51(49)59(52-33-16-14-31-50(52)58)48-29-12-11-27-47(48)54-46(28-18-34-53(54)59)45-36-35-42(43-25-9-10-26-44(43)45)40-23-17-24-41(37-40)57-61-55(38-19-5-3-6-20-38)60-56(62-57)39-21-7-4-8-22-39/h3-37H,1-2H3. The molecule has 62 heavy (non-hydrogen) atoms. The molecular weight excluding hydrogens is 751 g/mol. The van der Waals surface area contributed by atoms with E-state index in [0.29, 0.717) is 17.5 Å². The van der Waals surface area contributed by atoms with Crippen molar-refractivity contribution in [3.63, 3.8) is 0 Å². The topological polar surface area (TPSA) is 38.7 Å². The molecule has 0 bridgehead atoms. The lowest BCUT2D eigenvalue weighted by Crippen LogP contribution is -2.40. The van der Waals surface area contributed by atoms with Crippen LogP contribution in [0.25, 0.3) is 78.3 Å². The normalized spacial score (nSPS) is 13.9. The molecule has 10 aromatic rings. The number of benzene rings is 9. The van der Waals surface area contributed by atoms with Gasteiger partial charge >= 0.3 is 0 Å². The highest BCUT2D eigenvalue weighted by molar-refractivity contribution is 6.08. The zero-order valence-corrected chi connectivity index (χ0v) is 34.5. The third-order valence-electron chi connectivity index (χ3n) is 13.4. The molecule has 1 heterocycles. The van der Waals surface area contributed by atoms with E-state index in [1.807, 2.05) is 60.7 Å². The van der Waals surface area contributed by atoms with E-state index in [1.165, 1.54) is 66.4 Å². The van der Waals surface area contributed by atoms with Gasteiger partial charge in [0.15, 0.2) is 17.5 Å². The summed E-state index contributed by atoms with van der Waals surface area (Å²) < 4.78 is 0. The molecule has 0 saturated carbocycles. The van der Waals surface area contributed by atoms with Crippen LogP contribution in [-0.4, -0.2) is 15.0 Å². The molecular formula is C59H41N3. The van der Waals surface area contributed by atoms with Crippen molar-refractivity contribution in [2.75, 3.05) is 0 Å². The summed E-state index contributed by atoms with van der Waals surface area (Å²) in [5, 5.41) is 2.41. The van der Waals surface area contributed by atoms with Gasteiger partial charge in [-0.1, -0.05) is 220 Å². The molecule has 2 aliphatic carbocycles. The van der Waals surface area contributed by atoms with Crippen LogP contribution in [0.5, 0.6) is 0 Å². The Morgan fingerprint density at radius 3 is 1.34 bits per heavy atom. The molecule has 0 aliphatic heterocycles. The molecule has 0 N–H and O–H groups in total. The van der Waals surface area contributed by atoms with E-state index in [4.69, 9.17) is 15.0 Å². The molecule has 0 unspecified atom stereocenters. The molecule has 292 valence electrons. The van der Waals surface area contributed by atoms with Crippen molar-refractivity contribution in [2.24, 2.45) is 0 Å². The van der Waals surface area contributed by atoms with Gasteiger partial charge < -0.3 is 0 Å². The third-order valence-corrected chi connectivity index (χ3v) is 13.4. The van der Waals surface area contributed by atoms with Crippen molar-refractivity contribution in [3.05, 3.63) is 246 Å². The number of hydrogen-bond donors (Lipinski definition) is 0. The highest BCUT2D eigenvalue weighted by Crippen LogP contribution is 2.63. The van der Waals surface area contributed by atoms with Gasteiger partial charge in [-0.3, -0.25) is 0 Å². The first-order valence-electron chi connectivity index (χ1n) is 21.4. The average molecular weight is 792 g/mol. The second kappa shape index (κ2) is 13.9. The van der Waals surface area contributed by atoms with E-state index in [-0.39, 0.29) is 5.41 Å². The van der Waals surface area contributed by atoms with Gasteiger partial charge in [-0.05, 0) is 83.6 Å². The summed E-state index contributed by atoms with van der Waals surface area (Å²) in [5.41, 5.74) is 17.8. The summed E-state index contributed by atoms with van der Waals surface area (Å²) in [6, 6.07) is 76.9. The summed E-state index contributed by atoms with van der Waals surface area (Å²) in [7, 11) is 0. The van der Waals surface area contributed by atoms with Crippen molar-refractivity contribution in [1.82, 2.24) is 15.0 Å². The Balaban J connectivity index is 1.04. The van der Waals surface area contributed by atoms with Crippen molar-refractivity contribution in [3.8, 4) is 67.5 Å². The van der Waals surface area contributed by atoms with Crippen LogP contribution < -0.4 is 0 Å². The van der Waals surface area contributed by atoms with E-state index in [1.54, 1.807) is 0 Å². The summed E-state index contributed by atoms with van der Waals surface area (Å²) in [6.07, 6.45) is 0. The van der Waals surface area contributed by atoms with Gasteiger partial charge in [0.1, 0.15) is 0 Å². The summed E-state index contributed by atoms with van der Waals surface area (Å²) in [4.78, 5) is 15.0. The quantitative estimate of drug-likeness (QED) is 0.174. The Kier molecular flexibility index (Phi) is 8.10. The van der Waals surface area contributed by atoms with E-state index >= 15 is 0 Å². The van der Waals surface area contributed by atoms with Gasteiger partial charge in [-0.15, -0.1) is 0 Å². The van der Waals surface area contributed by atoms with E-state index in [9.17, 15) is 0 Å². The maximum Gasteiger partial charge on any atom is 0.164 e. The monoisotopic (exact) mass is 791 g/mol. The zero-order valence-electron chi connectivity index (χ0n) is 34.5. The van der Waals surface area contributed by atoms with Crippen LogP contribution >= 0.6 is 0 Å². The van der Waals surface area contributed by atoms with Gasteiger partial charge in [-0.2, -0.15) is 0 Å². The first-order chi connectivity index (χ1) is 30.5. The Hall–Kier alpha value is -7.75. The minimum absolute atomic E-state index is 0.144. The largest absolute Gasteiger partial charge is 0.208 e. The van der Waals surface area contributed by atoms with Gasteiger partial charge in [0.05, 0.1) is 5.41 Å². The molecule has 0 fully saturated rings. The minimum atomic E-state index is -0.448. The molecule has 2 aliphatic rings. The second-order valence-electron chi connectivity index (χ2n) is 17.1. The Bertz CT molecular complexity index is 3280. The lowest BCUT2D eigenvalue weighted by atomic mass is 9.55. The fourth-order valence-corrected chi connectivity index (χ4v) is 10.7. The fourth-order valence-electron chi connectivity index (χ4n) is 10.7. The van der Waals surface area contributed by atoms with Crippen molar-refractivity contribution >= 4 is 10.8 Å². The molecule has 0 amide bonds. The van der Waals surface area contributed by atoms with Gasteiger partial charge in [0.2, 0.25) is 0 Å². The van der Waals surface area contributed by atoms with E-state index in [2.05, 4.69) is 166 Å². The van der Waals surface area contributed by atoms with Crippen molar-refractivity contribution in [2.45, 2.75) is 24.7 Å². The smallest absolute Gasteiger partial charge is 0.164 e. The molecule has 1 aromatic heterocycles. The Labute approximate surface area is 362 Å². The number of nitrogens with zero attached hydrogens (tertiary/aromatic N) is 3. The molecule has 3 heteroatoms. The summed E-state index contributed by atoms with van der Waals surface area (Å²) >= 11 is 0.